The monoisotopic (exact) mass is 233 g/mol. The molecule has 0 amide bonds. The third-order valence-corrected chi connectivity index (χ3v) is 3.68. The van der Waals surface area contributed by atoms with E-state index in [-0.39, 0.29) is 0 Å². The van der Waals surface area contributed by atoms with E-state index in [0.29, 0.717) is 11.7 Å². The second kappa shape index (κ2) is 6.06. The summed E-state index contributed by atoms with van der Waals surface area (Å²) in [6.07, 6.45) is 5.11. The van der Waals surface area contributed by atoms with Crippen LogP contribution in [0.5, 0.6) is 5.75 Å². The van der Waals surface area contributed by atoms with Gasteiger partial charge in [-0.25, -0.2) is 0 Å². The average molecular weight is 233 g/mol. The first kappa shape index (κ1) is 12.4. The van der Waals surface area contributed by atoms with Gasteiger partial charge in [0, 0.05) is 6.54 Å². The molecule has 1 saturated heterocycles. The van der Waals surface area contributed by atoms with Crippen molar-refractivity contribution in [3.63, 3.8) is 0 Å². The first-order valence-electron chi connectivity index (χ1n) is 6.81. The maximum Gasteiger partial charge on any atom is 0.115 e. The van der Waals surface area contributed by atoms with Crippen LogP contribution in [0.4, 0.5) is 0 Å². The highest BCUT2D eigenvalue weighted by Crippen LogP contribution is 2.28. The summed E-state index contributed by atoms with van der Waals surface area (Å²) in [7, 11) is 0. The SMILES string of the molecule is CCCCN1CCC[C@@H](c2cccc(O)c2)C1. The Morgan fingerprint density at radius 3 is 3.06 bits per heavy atom. The fourth-order valence-corrected chi connectivity index (χ4v) is 2.69. The summed E-state index contributed by atoms with van der Waals surface area (Å²) in [5.74, 6) is 1.00. The standard InChI is InChI=1S/C15H23NO/c1-2-3-9-16-10-5-7-14(12-16)13-6-4-8-15(17)11-13/h4,6,8,11,14,17H,2-3,5,7,9-10,12H2,1H3/t14-/m1/s1. The van der Waals surface area contributed by atoms with Crippen molar-refractivity contribution in [2.24, 2.45) is 0 Å². The molecule has 0 bridgehead atoms. The normalized spacial score (nSPS) is 21.6. The van der Waals surface area contributed by atoms with Crippen LogP contribution in [0.1, 0.15) is 44.1 Å². The molecule has 1 N–H and O–H groups in total. The molecule has 0 saturated carbocycles. The molecule has 2 heteroatoms. The fourth-order valence-electron chi connectivity index (χ4n) is 2.69. The van der Waals surface area contributed by atoms with Crippen LogP contribution in [0, 0.1) is 0 Å². The van der Waals surface area contributed by atoms with Crippen LogP contribution in [-0.4, -0.2) is 29.6 Å². The van der Waals surface area contributed by atoms with Crippen LogP contribution >= 0.6 is 0 Å². The minimum atomic E-state index is 0.396. The summed E-state index contributed by atoms with van der Waals surface area (Å²) in [5, 5.41) is 9.54. The Hall–Kier alpha value is -1.02. The molecule has 1 aliphatic rings. The van der Waals surface area contributed by atoms with E-state index < -0.39 is 0 Å². The molecule has 1 aliphatic heterocycles. The molecular weight excluding hydrogens is 210 g/mol. The summed E-state index contributed by atoms with van der Waals surface area (Å²) in [6.45, 7) is 5.88. The molecule has 1 aromatic carbocycles. The molecule has 0 spiro atoms. The molecule has 0 unspecified atom stereocenters. The Morgan fingerprint density at radius 1 is 1.41 bits per heavy atom. The van der Waals surface area contributed by atoms with E-state index in [9.17, 15) is 5.11 Å². The number of likely N-dealkylation sites (tertiary alicyclic amines) is 1. The molecule has 2 rings (SSSR count). The Labute approximate surface area is 104 Å². The molecule has 1 aromatic rings. The first-order chi connectivity index (χ1) is 8.29. The smallest absolute Gasteiger partial charge is 0.115 e. The lowest BCUT2D eigenvalue weighted by Crippen LogP contribution is -2.35. The van der Waals surface area contributed by atoms with E-state index >= 15 is 0 Å². The molecule has 1 atom stereocenters. The second-order valence-electron chi connectivity index (χ2n) is 5.09. The zero-order valence-corrected chi connectivity index (χ0v) is 10.7. The van der Waals surface area contributed by atoms with E-state index in [4.69, 9.17) is 0 Å². The van der Waals surface area contributed by atoms with Crippen molar-refractivity contribution in [2.75, 3.05) is 19.6 Å². The van der Waals surface area contributed by atoms with E-state index in [1.807, 2.05) is 12.1 Å². The number of hydrogen-bond acceptors (Lipinski definition) is 2. The average Bonchev–Trinajstić information content (AvgIpc) is 2.37. The highest BCUT2D eigenvalue weighted by molar-refractivity contribution is 5.30. The van der Waals surface area contributed by atoms with Gasteiger partial charge < -0.3 is 10.0 Å². The topological polar surface area (TPSA) is 23.5 Å². The third kappa shape index (κ3) is 3.47. The molecule has 94 valence electrons. The number of nitrogens with zero attached hydrogens (tertiary/aromatic N) is 1. The van der Waals surface area contributed by atoms with Gasteiger partial charge in [0.1, 0.15) is 5.75 Å². The molecule has 17 heavy (non-hydrogen) atoms. The number of aromatic hydroxyl groups is 1. The number of benzene rings is 1. The van der Waals surface area contributed by atoms with Gasteiger partial charge in [-0.05, 0) is 56.0 Å². The van der Waals surface area contributed by atoms with Crippen LogP contribution in [0.3, 0.4) is 0 Å². The predicted molar refractivity (Wildman–Crippen MR) is 71.4 cm³/mol. The van der Waals surface area contributed by atoms with Gasteiger partial charge in [0.15, 0.2) is 0 Å². The van der Waals surface area contributed by atoms with Gasteiger partial charge in [0.05, 0.1) is 0 Å². The lowest BCUT2D eigenvalue weighted by molar-refractivity contribution is 0.205. The van der Waals surface area contributed by atoms with Crippen molar-refractivity contribution in [3.8, 4) is 5.75 Å². The van der Waals surface area contributed by atoms with Crippen molar-refractivity contribution >= 4 is 0 Å². The zero-order chi connectivity index (χ0) is 12.1. The van der Waals surface area contributed by atoms with Gasteiger partial charge in [0.25, 0.3) is 0 Å². The Kier molecular flexibility index (Phi) is 4.43. The van der Waals surface area contributed by atoms with Crippen LogP contribution < -0.4 is 0 Å². The van der Waals surface area contributed by atoms with Crippen molar-refractivity contribution in [3.05, 3.63) is 29.8 Å². The van der Waals surface area contributed by atoms with E-state index in [1.165, 1.54) is 44.3 Å². The molecule has 2 nitrogen and oxygen atoms in total. The molecule has 1 fully saturated rings. The quantitative estimate of drug-likeness (QED) is 0.862. The second-order valence-corrected chi connectivity index (χ2v) is 5.09. The van der Waals surface area contributed by atoms with Crippen molar-refractivity contribution in [1.82, 2.24) is 4.90 Å². The van der Waals surface area contributed by atoms with Gasteiger partial charge in [-0.2, -0.15) is 0 Å². The number of phenolic OH excluding ortho intramolecular Hbond substituents is 1. The maximum absolute atomic E-state index is 9.54. The lowest BCUT2D eigenvalue weighted by atomic mass is 9.90. The minimum absolute atomic E-state index is 0.396. The summed E-state index contributed by atoms with van der Waals surface area (Å²) in [5.41, 5.74) is 1.30. The zero-order valence-electron chi connectivity index (χ0n) is 10.7. The number of phenols is 1. The van der Waals surface area contributed by atoms with Gasteiger partial charge in [-0.1, -0.05) is 25.5 Å². The van der Waals surface area contributed by atoms with Crippen molar-refractivity contribution in [2.45, 2.75) is 38.5 Å². The predicted octanol–water partition coefficient (Wildman–Crippen LogP) is 3.37. The van der Waals surface area contributed by atoms with E-state index in [0.717, 1.165) is 6.54 Å². The van der Waals surface area contributed by atoms with Gasteiger partial charge in [-0.3, -0.25) is 0 Å². The number of rotatable bonds is 4. The Balaban J connectivity index is 1.97. The summed E-state index contributed by atoms with van der Waals surface area (Å²) < 4.78 is 0. The van der Waals surface area contributed by atoms with Crippen LogP contribution in [-0.2, 0) is 0 Å². The van der Waals surface area contributed by atoms with Gasteiger partial charge >= 0.3 is 0 Å². The van der Waals surface area contributed by atoms with Crippen molar-refractivity contribution < 1.29 is 5.11 Å². The first-order valence-corrected chi connectivity index (χ1v) is 6.81. The lowest BCUT2D eigenvalue weighted by Gasteiger charge is -2.33. The van der Waals surface area contributed by atoms with Crippen LogP contribution in [0.25, 0.3) is 0 Å². The summed E-state index contributed by atoms with van der Waals surface area (Å²) in [6, 6.07) is 7.78. The van der Waals surface area contributed by atoms with Crippen molar-refractivity contribution in [1.29, 1.82) is 0 Å². The molecule has 0 aliphatic carbocycles. The molecular formula is C15H23NO. The fraction of sp³-hybridized carbons (Fsp3) is 0.600. The van der Waals surface area contributed by atoms with Gasteiger partial charge in [0.2, 0.25) is 0 Å². The van der Waals surface area contributed by atoms with E-state index in [1.54, 1.807) is 6.07 Å². The Bertz CT molecular complexity index is 351. The molecule has 0 radical (unpaired) electrons. The summed E-state index contributed by atoms with van der Waals surface area (Å²) in [4.78, 5) is 2.57. The minimum Gasteiger partial charge on any atom is -0.508 e. The third-order valence-electron chi connectivity index (χ3n) is 3.68. The van der Waals surface area contributed by atoms with E-state index in [2.05, 4.69) is 17.9 Å². The highest BCUT2D eigenvalue weighted by atomic mass is 16.3. The van der Waals surface area contributed by atoms with Crippen LogP contribution in [0.15, 0.2) is 24.3 Å². The largest absolute Gasteiger partial charge is 0.508 e. The number of piperidine rings is 1. The molecule has 1 heterocycles. The number of unbranched alkanes of at least 4 members (excludes halogenated alkanes) is 1. The van der Waals surface area contributed by atoms with Crippen LogP contribution in [0.2, 0.25) is 0 Å². The molecule has 0 aromatic heterocycles. The highest BCUT2D eigenvalue weighted by Gasteiger charge is 2.20. The maximum atomic E-state index is 9.54. The Morgan fingerprint density at radius 2 is 2.29 bits per heavy atom. The number of hydrogen-bond donors (Lipinski definition) is 1. The van der Waals surface area contributed by atoms with Gasteiger partial charge in [-0.15, -0.1) is 0 Å². The summed E-state index contributed by atoms with van der Waals surface area (Å²) >= 11 is 0.